The Hall–Kier alpha value is -2.52. The van der Waals surface area contributed by atoms with Gasteiger partial charge in [-0.15, -0.1) is 12.4 Å². The molecule has 2 heterocycles. The summed E-state index contributed by atoms with van der Waals surface area (Å²) in [4.78, 5) is 17.2. The highest BCUT2D eigenvalue weighted by Crippen LogP contribution is 2.34. The molecule has 3 N–H and O–H groups in total. The van der Waals surface area contributed by atoms with Gasteiger partial charge >= 0.3 is 6.18 Å². The van der Waals surface area contributed by atoms with Crippen molar-refractivity contribution in [3.8, 4) is 0 Å². The molecule has 16 heteroatoms. The van der Waals surface area contributed by atoms with Crippen LogP contribution in [0.2, 0.25) is 0 Å². The topological polar surface area (TPSA) is 110 Å². The molecule has 1 aromatic carbocycles. The molecular formula is C18H20ClF6N5O3S. The highest BCUT2D eigenvalue weighted by atomic mass is 35.5. The van der Waals surface area contributed by atoms with Crippen molar-refractivity contribution in [2.24, 2.45) is 5.73 Å². The zero-order chi connectivity index (χ0) is 24.7. The number of rotatable bonds is 6. The van der Waals surface area contributed by atoms with Gasteiger partial charge in [0.1, 0.15) is 5.82 Å². The largest absolute Gasteiger partial charge is 0.449 e. The average molecular weight is 536 g/mol. The number of carbonyl (C=O) groups is 1. The summed E-state index contributed by atoms with van der Waals surface area (Å²) in [6.45, 7) is -0.830. The van der Waals surface area contributed by atoms with Crippen molar-refractivity contribution in [3.63, 3.8) is 0 Å². The second kappa shape index (κ2) is 10.00. The van der Waals surface area contributed by atoms with Crippen molar-refractivity contribution in [2.75, 3.05) is 17.5 Å². The van der Waals surface area contributed by atoms with Crippen LogP contribution in [0, 0.1) is 17.5 Å². The number of hydrogen-bond donors (Lipinski definition) is 2. The molecule has 190 valence electrons. The lowest BCUT2D eigenvalue weighted by molar-refractivity contribution is -0.148. The van der Waals surface area contributed by atoms with Crippen LogP contribution in [-0.4, -0.2) is 47.6 Å². The first kappa shape index (κ1) is 27.7. The van der Waals surface area contributed by atoms with Gasteiger partial charge in [0.25, 0.3) is 0 Å². The standard InChI is InChI=1S/C18H19F6N5O3S.ClH/c1-33(31,32)27-16-14-8-28(2-3-29(14)17(26-16)18(22,23)24)15(30)6-10(25)4-9-5-12(20)13(21)7-11(9)19;/h5,7,10,27H,2-4,6,8,25H2,1H3;1H/t10-;/m1./s1. The Kier molecular flexibility index (Phi) is 8.15. The van der Waals surface area contributed by atoms with Gasteiger partial charge < -0.3 is 15.2 Å². The molecule has 1 aromatic heterocycles. The predicted molar refractivity (Wildman–Crippen MR) is 111 cm³/mol. The van der Waals surface area contributed by atoms with Gasteiger partial charge in [-0.05, 0) is 18.1 Å². The Balaban J connectivity index is 0.00000408. The summed E-state index contributed by atoms with van der Waals surface area (Å²) in [5, 5.41) is 0. The number of anilines is 1. The third kappa shape index (κ3) is 6.33. The van der Waals surface area contributed by atoms with Crippen molar-refractivity contribution in [2.45, 2.75) is 38.1 Å². The smallest absolute Gasteiger partial charge is 0.335 e. The van der Waals surface area contributed by atoms with E-state index in [1.807, 2.05) is 4.72 Å². The van der Waals surface area contributed by atoms with Crippen molar-refractivity contribution in [1.29, 1.82) is 0 Å². The molecule has 0 saturated carbocycles. The second-order valence-electron chi connectivity index (χ2n) is 7.60. The van der Waals surface area contributed by atoms with E-state index in [-0.39, 0.29) is 56.1 Å². The zero-order valence-electron chi connectivity index (χ0n) is 17.5. The van der Waals surface area contributed by atoms with Gasteiger partial charge in [0.2, 0.25) is 21.8 Å². The number of halogens is 7. The molecule has 0 unspecified atom stereocenters. The normalized spacial score (nSPS) is 14.9. The number of carbonyl (C=O) groups excluding carboxylic acids is 1. The third-order valence-electron chi connectivity index (χ3n) is 4.90. The van der Waals surface area contributed by atoms with Crippen LogP contribution < -0.4 is 10.5 Å². The molecule has 3 rings (SSSR count). The summed E-state index contributed by atoms with van der Waals surface area (Å²) >= 11 is 0. The van der Waals surface area contributed by atoms with Gasteiger partial charge in [-0.25, -0.2) is 26.6 Å². The number of nitrogens with zero attached hydrogens (tertiary/aromatic N) is 3. The number of hydrogen-bond acceptors (Lipinski definition) is 5. The summed E-state index contributed by atoms with van der Waals surface area (Å²) in [7, 11) is -3.95. The monoisotopic (exact) mass is 535 g/mol. The van der Waals surface area contributed by atoms with Crippen LogP contribution in [0.5, 0.6) is 0 Å². The first-order valence-corrected chi connectivity index (χ1v) is 11.4. The quantitative estimate of drug-likeness (QED) is 0.436. The van der Waals surface area contributed by atoms with Gasteiger partial charge in [0.15, 0.2) is 17.5 Å². The SMILES string of the molecule is CS(=O)(=O)Nc1nc(C(F)(F)F)n2c1CN(C(=O)C[C@H](N)Cc1cc(F)c(F)cc1F)CC2.Cl. The minimum absolute atomic E-state index is 0. The first-order valence-electron chi connectivity index (χ1n) is 9.47. The molecule has 0 aliphatic carbocycles. The van der Waals surface area contributed by atoms with Crippen LogP contribution in [0.1, 0.15) is 23.5 Å². The van der Waals surface area contributed by atoms with Crippen molar-refractivity contribution in [1.82, 2.24) is 14.5 Å². The number of benzene rings is 1. The molecule has 2 aromatic rings. The summed E-state index contributed by atoms with van der Waals surface area (Å²) < 4.78 is 106. The minimum atomic E-state index is -4.85. The number of nitrogens with one attached hydrogen (secondary N) is 1. The molecule has 34 heavy (non-hydrogen) atoms. The molecule has 1 aliphatic rings. The maximum Gasteiger partial charge on any atom is 0.449 e. The highest BCUT2D eigenvalue weighted by Gasteiger charge is 2.41. The molecule has 1 atom stereocenters. The number of aromatic nitrogens is 2. The van der Waals surface area contributed by atoms with Gasteiger partial charge in [0, 0.05) is 31.6 Å². The van der Waals surface area contributed by atoms with E-state index in [1.165, 1.54) is 0 Å². The van der Waals surface area contributed by atoms with E-state index >= 15 is 0 Å². The molecule has 0 saturated heterocycles. The average Bonchev–Trinajstić information content (AvgIpc) is 3.02. The number of imidazole rings is 1. The Bertz CT molecular complexity index is 1190. The molecule has 0 spiro atoms. The Morgan fingerprint density at radius 2 is 1.79 bits per heavy atom. The van der Waals surface area contributed by atoms with E-state index in [0.29, 0.717) is 12.1 Å². The van der Waals surface area contributed by atoms with Crippen LogP contribution in [-0.2, 0) is 40.5 Å². The van der Waals surface area contributed by atoms with Crippen LogP contribution in [0.3, 0.4) is 0 Å². The Labute approximate surface area is 196 Å². The van der Waals surface area contributed by atoms with Crippen LogP contribution in [0.4, 0.5) is 32.2 Å². The fourth-order valence-electron chi connectivity index (χ4n) is 3.48. The van der Waals surface area contributed by atoms with E-state index in [2.05, 4.69) is 4.98 Å². The minimum Gasteiger partial charge on any atom is -0.335 e. The lowest BCUT2D eigenvalue weighted by Gasteiger charge is -2.30. The van der Waals surface area contributed by atoms with E-state index in [1.54, 1.807) is 0 Å². The van der Waals surface area contributed by atoms with Crippen molar-refractivity contribution >= 4 is 34.2 Å². The van der Waals surface area contributed by atoms with Gasteiger partial charge in [0.05, 0.1) is 18.5 Å². The van der Waals surface area contributed by atoms with E-state index in [0.717, 1.165) is 15.7 Å². The Morgan fingerprint density at radius 3 is 2.38 bits per heavy atom. The molecular weight excluding hydrogens is 516 g/mol. The molecule has 0 fully saturated rings. The van der Waals surface area contributed by atoms with Gasteiger partial charge in [-0.2, -0.15) is 13.2 Å². The lowest BCUT2D eigenvalue weighted by Crippen LogP contribution is -2.42. The maximum absolute atomic E-state index is 13.8. The van der Waals surface area contributed by atoms with Crippen LogP contribution in [0.25, 0.3) is 0 Å². The van der Waals surface area contributed by atoms with E-state index < -0.39 is 57.2 Å². The number of fused-ring (bicyclic) bond motifs is 1. The summed E-state index contributed by atoms with van der Waals surface area (Å²) in [5.74, 6) is -6.13. The van der Waals surface area contributed by atoms with Gasteiger partial charge in [-0.1, -0.05) is 0 Å². The number of nitrogens with two attached hydrogens (primary N) is 1. The number of sulfonamides is 1. The molecule has 0 bridgehead atoms. The van der Waals surface area contributed by atoms with Crippen molar-refractivity contribution in [3.05, 3.63) is 46.7 Å². The van der Waals surface area contributed by atoms with Crippen LogP contribution >= 0.6 is 12.4 Å². The summed E-state index contributed by atoms with van der Waals surface area (Å²) in [5.41, 5.74) is 5.46. The zero-order valence-corrected chi connectivity index (χ0v) is 19.1. The second-order valence-corrected chi connectivity index (χ2v) is 9.34. The van der Waals surface area contributed by atoms with Gasteiger partial charge in [-0.3, -0.25) is 9.52 Å². The fourth-order valence-corrected chi connectivity index (χ4v) is 4.00. The number of amides is 1. The van der Waals surface area contributed by atoms with E-state index in [9.17, 15) is 39.6 Å². The summed E-state index contributed by atoms with van der Waals surface area (Å²) in [6, 6.07) is -0.00135. The summed E-state index contributed by atoms with van der Waals surface area (Å²) in [6.07, 6.45) is -4.77. The van der Waals surface area contributed by atoms with E-state index in [4.69, 9.17) is 5.73 Å². The third-order valence-corrected chi connectivity index (χ3v) is 5.47. The highest BCUT2D eigenvalue weighted by molar-refractivity contribution is 7.92. The predicted octanol–water partition coefficient (Wildman–Crippen LogP) is 2.41. The fraction of sp³-hybridized carbons (Fsp3) is 0.444. The molecule has 0 radical (unpaired) electrons. The number of alkyl halides is 3. The Morgan fingerprint density at radius 1 is 1.18 bits per heavy atom. The molecule has 1 amide bonds. The maximum atomic E-state index is 13.8. The van der Waals surface area contributed by atoms with Crippen LogP contribution in [0.15, 0.2) is 12.1 Å². The lowest BCUT2D eigenvalue weighted by atomic mass is 10.0. The first-order chi connectivity index (χ1) is 15.2. The molecule has 1 aliphatic heterocycles. The van der Waals surface area contributed by atoms with Crippen molar-refractivity contribution < 1.29 is 39.6 Å². The molecule has 8 nitrogen and oxygen atoms in total.